The van der Waals surface area contributed by atoms with Gasteiger partial charge in [0.1, 0.15) is 5.54 Å². The zero-order valence-corrected chi connectivity index (χ0v) is 13.5. The van der Waals surface area contributed by atoms with E-state index in [-0.39, 0.29) is 12.4 Å². The first-order valence-electron chi connectivity index (χ1n) is 6.22. The Morgan fingerprint density at radius 2 is 2.04 bits per heavy atom. The van der Waals surface area contributed by atoms with Crippen LogP contribution >= 0.6 is 0 Å². The van der Waals surface area contributed by atoms with E-state index >= 15 is 0 Å². The van der Waals surface area contributed by atoms with Gasteiger partial charge in [-0.1, -0.05) is 0 Å². The second-order valence-electron chi connectivity index (χ2n) is 4.83. The van der Waals surface area contributed by atoms with E-state index < -0.39 is 37.0 Å². The molecule has 11 heteroatoms. The first kappa shape index (κ1) is 18.8. The quantitative estimate of drug-likeness (QED) is 0.487. The molecule has 0 unspecified atom stereocenters. The number of nitrogens with zero attached hydrogens (tertiary/aromatic N) is 1. The Kier molecular flexibility index (Phi) is 5.64. The molecule has 1 amide bonds. The zero-order chi connectivity index (χ0) is 17.8. The van der Waals surface area contributed by atoms with Crippen molar-refractivity contribution in [2.45, 2.75) is 17.4 Å². The van der Waals surface area contributed by atoms with Crippen LogP contribution in [-0.4, -0.2) is 45.6 Å². The van der Waals surface area contributed by atoms with Crippen LogP contribution in [0.4, 0.5) is 5.69 Å². The molecule has 1 aromatic carbocycles. The lowest BCUT2D eigenvalue weighted by molar-refractivity contribution is -0.386. The standard InChI is InChI=1S/C12H17N3O7S/c1-12(7-21-2,11(13)16)14-23(19,20)8-4-5-10(22-3)9(6-8)15(17)18/h4-6,14H,7H2,1-3H3,(H2,13,16)/t12-/m0/s1. The SMILES string of the molecule is COC[C@](C)(NS(=O)(=O)c1ccc(OC)c([N+](=O)[O-])c1)C(N)=O. The molecular weight excluding hydrogens is 330 g/mol. The predicted octanol–water partition coefficient (Wildman–Crippen LogP) is -0.228. The molecule has 0 heterocycles. The fraction of sp³-hybridized carbons (Fsp3) is 0.417. The molecule has 0 aliphatic carbocycles. The number of methoxy groups -OCH3 is 2. The molecule has 23 heavy (non-hydrogen) atoms. The minimum Gasteiger partial charge on any atom is -0.490 e. The highest BCUT2D eigenvalue weighted by Crippen LogP contribution is 2.29. The summed E-state index contributed by atoms with van der Waals surface area (Å²) in [5.41, 5.74) is 2.96. The first-order valence-corrected chi connectivity index (χ1v) is 7.71. The summed E-state index contributed by atoms with van der Waals surface area (Å²) in [6.07, 6.45) is 0. The Hall–Kier alpha value is -2.24. The van der Waals surface area contributed by atoms with Gasteiger partial charge in [-0.3, -0.25) is 14.9 Å². The number of sulfonamides is 1. The van der Waals surface area contributed by atoms with Gasteiger partial charge in [0.15, 0.2) is 5.75 Å². The monoisotopic (exact) mass is 347 g/mol. The normalized spacial score (nSPS) is 14.0. The average molecular weight is 347 g/mol. The molecule has 0 aliphatic rings. The van der Waals surface area contributed by atoms with Gasteiger partial charge in [-0.25, -0.2) is 8.42 Å². The van der Waals surface area contributed by atoms with Crippen LogP contribution in [0.1, 0.15) is 6.92 Å². The van der Waals surface area contributed by atoms with Gasteiger partial charge in [0.05, 0.1) is 23.5 Å². The van der Waals surface area contributed by atoms with Gasteiger partial charge in [-0.15, -0.1) is 0 Å². The van der Waals surface area contributed by atoms with Crippen LogP contribution in [0.2, 0.25) is 0 Å². The van der Waals surface area contributed by atoms with Crippen LogP contribution in [0, 0.1) is 10.1 Å². The Morgan fingerprint density at radius 1 is 1.43 bits per heavy atom. The van der Waals surface area contributed by atoms with E-state index in [1.165, 1.54) is 21.1 Å². The van der Waals surface area contributed by atoms with Gasteiger partial charge in [-0.05, 0) is 19.1 Å². The van der Waals surface area contributed by atoms with E-state index in [1.54, 1.807) is 0 Å². The molecular formula is C12H17N3O7S. The number of amides is 1. The maximum absolute atomic E-state index is 12.4. The van der Waals surface area contributed by atoms with Crippen LogP contribution in [0.25, 0.3) is 0 Å². The number of nitrogens with two attached hydrogens (primary N) is 1. The summed E-state index contributed by atoms with van der Waals surface area (Å²) >= 11 is 0. The van der Waals surface area contributed by atoms with Crippen molar-refractivity contribution >= 4 is 21.6 Å². The molecule has 3 N–H and O–H groups in total. The number of nitro benzene ring substituents is 1. The Bertz CT molecular complexity index is 719. The molecule has 1 atom stereocenters. The van der Waals surface area contributed by atoms with Crippen molar-refractivity contribution < 1.29 is 27.6 Å². The number of primary amides is 1. The van der Waals surface area contributed by atoms with Crippen LogP contribution in [0.15, 0.2) is 23.1 Å². The topological polar surface area (TPSA) is 151 Å². The third-order valence-corrected chi connectivity index (χ3v) is 4.59. The van der Waals surface area contributed by atoms with E-state index in [0.717, 1.165) is 18.2 Å². The molecule has 1 aromatic rings. The molecule has 0 bridgehead atoms. The van der Waals surface area contributed by atoms with Crippen molar-refractivity contribution in [3.63, 3.8) is 0 Å². The van der Waals surface area contributed by atoms with Crippen molar-refractivity contribution in [3.05, 3.63) is 28.3 Å². The molecule has 0 spiro atoms. The summed E-state index contributed by atoms with van der Waals surface area (Å²) < 4.78 is 36.4. The maximum Gasteiger partial charge on any atom is 0.312 e. The van der Waals surface area contributed by atoms with E-state index in [4.69, 9.17) is 15.2 Å². The number of carbonyl (C=O) groups is 1. The number of benzene rings is 1. The minimum absolute atomic E-state index is 0.0940. The van der Waals surface area contributed by atoms with E-state index in [1.807, 2.05) is 0 Å². The Labute approximate surface area is 132 Å². The summed E-state index contributed by atoms with van der Waals surface area (Å²) in [7, 11) is -1.77. The van der Waals surface area contributed by atoms with E-state index in [0.29, 0.717) is 0 Å². The summed E-state index contributed by atoms with van der Waals surface area (Å²) in [5.74, 6) is -1.05. The van der Waals surface area contributed by atoms with Crippen LogP contribution in [0.3, 0.4) is 0 Å². The largest absolute Gasteiger partial charge is 0.490 e. The molecule has 0 radical (unpaired) electrons. The molecule has 0 fully saturated rings. The van der Waals surface area contributed by atoms with Gasteiger partial charge >= 0.3 is 5.69 Å². The van der Waals surface area contributed by atoms with Crippen LogP contribution in [-0.2, 0) is 19.6 Å². The van der Waals surface area contributed by atoms with Crippen molar-refractivity contribution in [3.8, 4) is 5.75 Å². The number of ether oxygens (including phenoxy) is 2. The first-order chi connectivity index (χ1) is 10.6. The third-order valence-electron chi connectivity index (χ3n) is 2.99. The lowest BCUT2D eigenvalue weighted by atomic mass is 10.1. The van der Waals surface area contributed by atoms with Gasteiger partial charge in [0, 0.05) is 13.2 Å². The highest BCUT2D eigenvalue weighted by atomic mass is 32.2. The van der Waals surface area contributed by atoms with Crippen LogP contribution < -0.4 is 15.2 Å². The number of nitro groups is 1. The maximum atomic E-state index is 12.4. The van der Waals surface area contributed by atoms with Gasteiger partial charge in [0.25, 0.3) is 0 Å². The lowest BCUT2D eigenvalue weighted by Crippen LogP contribution is -2.58. The van der Waals surface area contributed by atoms with Gasteiger partial charge in [0.2, 0.25) is 15.9 Å². The van der Waals surface area contributed by atoms with Gasteiger partial charge < -0.3 is 15.2 Å². The minimum atomic E-state index is -4.26. The number of carbonyl (C=O) groups excluding carboxylic acids is 1. The molecule has 0 saturated carbocycles. The Morgan fingerprint density at radius 3 is 2.48 bits per heavy atom. The highest BCUT2D eigenvalue weighted by Gasteiger charge is 2.37. The fourth-order valence-electron chi connectivity index (χ4n) is 1.77. The summed E-state index contributed by atoms with van der Waals surface area (Å²) in [6.45, 7) is 0.939. The lowest BCUT2D eigenvalue weighted by Gasteiger charge is -2.26. The number of hydrogen-bond donors (Lipinski definition) is 2. The summed E-state index contributed by atoms with van der Waals surface area (Å²) in [6, 6.07) is 3.09. The number of hydrogen-bond acceptors (Lipinski definition) is 7. The van der Waals surface area contributed by atoms with E-state index in [2.05, 4.69) is 4.72 Å². The smallest absolute Gasteiger partial charge is 0.312 e. The molecule has 0 aromatic heterocycles. The van der Waals surface area contributed by atoms with Crippen molar-refractivity contribution in [1.29, 1.82) is 0 Å². The van der Waals surface area contributed by atoms with E-state index in [9.17, 15) is 23.3 Å². The van der Waals surface area contributed by atoms with Crippen molar-refractivity contribution in [1.82, 2.24) is 4.72 Å². The molecule has 0 aliphatic heterocycles. The Balaban J connectivity index is 3.31. The second kappa shape index (κ2) is 6.89. The second-order valence-corrected chi connectivity index (χ2v) is 6.51. The average Bonchev–Trinajstić information content (AvgIpc) is 2.45. The third kappa shape index (κ3) is 4.15. The predicted molar refractivity (Wildman–Crippen MR) is 79.4 cm³/mol. The summed E-state index contributed by atoms with van der Waals surface area (Å²) in [5, 5.41) is 11.0. The molecule has 1 rings (SSSR count). The van der Waals surface area contributed by atoms with Crippen molar-refractivity contribution in [2.75, 3.05) is 20.8 Å². The fourth-order valence-corrected chi connectivity index (χ4v) is 3.16. The van der Waals surface area contributed by atoms with Crippen LogP contribution in [0.5, 0.6) is 5.75 Å². The molecule has 128 valence electrons. The molecule has 10 nitrogen and oxygen atoms in total. The zero-order valence-electron chi connectivity index (χ0n) is 12.7. The number of rotatable bonds is 8. The molecule has 0 saturated heterocycles. The highest BCUT2D eigenvalue weighted by molar-refractivity contribution is 7.89. The summed E-state index contributed by atoms with van der Waals surface area (Å²) in [4.78, 5) is 21.3. The van der Waals surface area contributed by atoms with Gasteiger partial charge in [-0.2, -0.15) is 4.72 Å². The van der Waals surface area contributed by atoms with Crippen molar-refractivity contribution in [2.24, 2.45) is 5.73 Å². The number of nitrogens with one attached hydrogen (secondary N) is 1.